The number of hydrogen-bond acceptors (Lipinski definition) is 2. The lowest BCUT2D eigenvalue weighted by atomic mass is 9.96. The number of nitrogens with one attached hydrogen (secondary N) is 1. The monoisotopic (exact) mass is 268 g/mol. The van der Waals surface area contributed by atoms with Crippen LogP contribution in [0.15, 0.2) is 18.2 Å². The van der Waals surface area contributed by atoms with Crippen LogP contribution in [0.3, 0.4) is 0 Å². The van der Waals surface area contributed by atoms with Crippen LogP contribution in [0.4, 0.5) is 8.78 Å². The summed E-state index contributed by atoms with van der Waals surface area (Å²) in [6.07, 6.45) is 1.60. The quantitative estimate of drug-likeness (QED) is 0.908. The second-order valence-electron chi connectivity index (χ2n) is 4.95. The van der Waals surface area contributed by atoms with Crippen LogP contribution in [0.2, 0.25) is 0 Å². The molecule has 0 spiro atoms. The Bertz CT molecular complexity index is 459. The van der Waals surface area contributed by atoms with Gasteiger partial charge < -0.3 is 10.2 Å². The average Bonchev–Trinajstić information content (AvgIpc) is 2.43. The van der Waals surface area contributed by atoms with E-state index >= 15 is 0 Å². The van der Waals surface area contributed by atoms with Crippen molar-refractivity contribution in [1.29, 1.82) is 0 Å². The molecular weight excluding hydrogens is 250 g/mol. The number of rotatable bonds is 3. The van der Waals surface area contributed by atoms with Crippen molar-refractivity contribution in [3.05, 3.63) is 35.4 Å². The maximum atomic E-state index is 13.5. The van der Waals surface area contributed by atoms with Crippen LogP contribution in [0.25, 0.3) is 0 Å². The third-order valence-corrected chi connectivity index (χ3v) is 3.48. The first kappa shape index (κ1) is 13.9. The molecule has 104 valence electrons. The minimum atomic E-state index is -0.487. The normalized spacial score (nSPS) is 16.4. The van der Waals surface area contributed by atoms with Crippen LogP contribution in [0.5, 0.6) is 0 Å². The van der Waals surface area contributed by atoms with Crippen molar-refractivity contribution in [3.8, 4) is 0 Å². The minimum absolute atomic E-state index is 0.00478. The molecule has 1 aromatic carbocycles. The van der Waals surface area contributed by atoms with Gasteiger partial charge in [-0.1, -0.05) is 0 Å². The van der Waals surface area contributed by atoms with Gasteiger partial charge in [0.25, 0.3) is 0 Å². The first-order valence-electron chi connectivity index (χ1n) is 6.47. The van der Waals surface area contributed by atoms with Crippen molar-refractivity contribution in [2.75, 3.05) is 20.1 Å². The molecule has 0 unspecified atom stereocenters. The summed E-state index contributed by atoms with van der Waals surface area (Å²) in [5.41, 5.74) is 0.213. The smallest absolute Gasteiger partial charge is 0.225 e. The van der Waals surface area contributed by atoms with Crippen LogP contribution in [0.1, 0.15) is 18.4 Å². The van der Waals surface area contributed by atoms with Gasteiger partial charge in [-0.3, -0.25) is 4.79 Å². The van der Waals surface area contributed by atoms with Crippen LogP contribution < -0.4 is 5.32 Å². The van der Waals surface area contributed by atoms with Gasteiger partial charge >= 0.3 is 0 Å². The Morgan fingerprint density at radius 1 is 1.37 bits per heavy atom. The molecule has 0 radical (unpaired) electrons. The number of amides is 1. The summed E-state index contributed by atoms with van der Waals surface area (Å²) < 4.78 is 26.6. The zero-order chi connectivity index (χ0) is 13.8. The molecule has 19 heavy (non-hydrogen) atoms. The van der Waals surface area contributed by atoms with E-state index in [0.717, 1.165) is 44.1 Å². The Morgan fingerprint density at radius 3 is 2.74 bits per heavy atom. The van der Waals surface area contributed by atoms with E-state index in [1.165, 1.54) is 4.90 Å². The van der Waals surface area contributed by atoms with Gasteiger partial charge in [-0.05, 0) is 44.1 Å². The van der Waals surface area contributed by atoms with Crippen molar-refractivity contribution < 1.29 is 13.6 Å². The summed E-state index contributed by atoms with van der Waals surface area (Å²) in [6, 6.07) is 3.31. The Labute approximate surface area is 111 Å². The highest BCUT2D eigenvalue weighted by Gasteiger charge is 2.24. The predicted octanol–water partition coefficient (Wildman–Crippen LogP) is 1.92. The average molecular weight is 268 g/mol. The predicted molar refractivity (Wildman–Crippen MR) is 68.4 cm³/mol. The summed E-state index contributed by atoms with van der Waals surface area (Å²) in [7, 11) is 1.63. The number of carbonyl (C=O) groups is 1. The SMILES string of the molecule is CN(Cc1cc(F)ccc1F)C(=O)C1CCNCC1. The molecule has 0 bridgehead atoms. The van der Waals surface area contributed by atoms with Gasteiger partial charge in [-0.15, -0.1) is 0 Å². The number of piperidine rings is 1. The second kappa shape index (κ2) is 6.10. The number of benzene rings is 1. The lowest BCUT2D eigenvalue weighted by Gasteiger charge is -2.27. The summed E-state index contributed by atoms with van der Waals surface area (Å²) >= 11 is 0. The Kier molecular flexibility index (Phi) is 4.47. The molecule has 1 aliphatic heterocycles. The van der Waals surface area contributed by atoms with Crippen LogP contribution >= 0.6 is 0 Å². The van der Waals surface area contributed by atoms with E-state index in [1.54, 1.807) is 7.05 Å². The van der Waals surface area contributed by atoms with Crippen molar-refractivity contribution in [2.24, 2.45) is 5.92 Å². The highest BCUT2D eigenvalue weighted by molar-refractivity contribution is 5.78. The minimum Gasteiger partial charge on any atom is -0.341 e. The maximum Gasteiger partial charge on any atom is 0.225 e. The molecule has 0 saturated carbocycles. The second-order valence-corrected chi connectivity index (χ2v) is 4.95. The first-order valence-corrected chi connectivity index (χ1v) is 6.47. The van der Waals surface area contributed by atoms with E-state index in [-0.39, 0.29) is 23.9 Å². The molecule has 0 aliphatic carbocycles. The lowest BCUT2D eigenvalue weighted by Crippen LogP contribution is -2.39. The van der Waals surface area contributed by atoms with E-state index in [0.29, 0.717) is 0 Å². The molecule has 5 heteroatoms. The van der Waals surface area contributed by atoms with Gasteiger partial charge in [0.2, 0.25) is 5.91 Å². The Morgan fingerprint density at radius 2 is 2.05 bits per heavy atom. The van der Waals surface area contributed by atoms with Crippen molar-refractivity contribution in [1.82, 2.24) is 10.2 Å². The third kappa shape index (κ3) is 3.50. The van der Waals surface area contributed by atoms with Gasteiger partial charge in [0.05, 0.1) is 0 Å². The van der Waals surface area contributed by atoms with Gasteiger partial charge in [0.1, 0.15) is 11.6 Å². The van der Waals surface area contributed by atoms with E-state index < -0.39 is 11.6 Å². The first-order chi connectivity index (χ1) is 9.08. The molecular formula is C14H18F2N2O. The molecule has 0 atom stereocenters. The molecule has 1 amide bonds. The fourth-order valence-corrected chi connectivity index (χ4v) is 2.38. The molecule has 1 N–H and O–H groups in total. The zero-order valence-electron chi connectivity index (χ0n) is 11.0. The van der Waals surface area contributed by atoms with E-state index in [1.807, 2.05) is 0 Å². The number of nitrogens with zero attached hydrogens (tertiary/aromatic N) is 1. The molecule has 1 aliphatic rings. The molecule has 1 saturated heterocycles. The van der Waals surface area contributed by atoms with Gasteiger partial charge in [-0.25, -0.2) is 8.78 Å². The summed E-state index contributed by atoms with van der Waals surface area (Å²) in [4.78, 5) is 13.7. The fraction of sp³-hybridized carbons (Fsp3) is 0.500. The van der Waals surface area contributed by atoms with Crippen molar-refractivity contribution in [2.45, 2.75) is 19.4 Å². The third-order valence-electron chi connectivity index (χ3n) is 3.48. The standard InChI is InChI=1S/C14H18F2N2O/c1-18(14(19)10-4-6-17-7-5-10)9-11-8-12(15)2-3-13(11)16/h2-3,8,10,17H,4-7,9H2,1H3. The highest BCUT2D eigenvalue weighted by atomic mass is 19.1. The molecule has 1 aromatic rings. The molecule has 1 heterocycles. The molecule has 1 fully saturated rings. The van der Waals surface area contributed by atoms with Gasteiger partial charge in [-0.2, -0.15) is 0 Å². The van der Waals surface area contributed by atoms with Crippen molar-refractivity contribution >= 4 is 5.91 Å². The molecule has 3 nitrogen and oxygen atoms in total. The summed E-state index contributed by atoms with van der Waals surface area (Å²) in [6.45, 7) is 1.77. The van der Waals surface area contributed by atoms with Crippen LogP contribution in [0, 0.1) is 17.6 Å². The van der Waals surface area contributed by atoms with Gasteiger partial charge in [0, 0.05) is 25.1 Å². The van der Waals surface area contributed by atoms with E-state index in [9.17, 15) is 13.6 Å². The number of halogens is 2. The Balaban J connectivity index is 2.01. The lowest BCUT2D eigenvalue weighted by molar-refractivity contribution is -0.135. The number of carbonyl (C=O) groups excluding carboxylic acids is 1. The summed E-state index contributed by atoms with van der Waals surface area (Å²) in [5.74, 6) is -0.974. The number of hydrogen-bond donors (Lipinski definition) is 1. The van der Waals surface area contributed by atoms with Gasteiger partial charge in [0.15, 0.2) is 0 Å². The van der Waals surface area contributed by atoms with E-state index in [2.05, 4.69) is 5.32 Å². The summed E-state index contributed by atoms with van der Waals surface area (Å²) in [5, 5.41) is 3.19. The largest absolute Gasteiger partial charge is 0.341 e. The van der Waals surface area contributed by atoms with E-state index in [4.69, 9.17) is 0 Å². The maximum absolute atomic E-state index is 13.5. The van der Waals surface area contributed by atoms with Crippen molar-refractivity contribution in [3.63, 3.8) is 0 Å². The topological polar surface area (TPSA) is 32.3 Å². The zero-order valence-corrected chi connectivity index (χ0v) is 11.0. The van der Waals surface area contributed by atoms with Crippen LogP contribution in [-0.2, 0) is 11.3 Å². The molecule has 2 rings (SSSR count). The fourth-order valence-electron chi connectivity index (χ4n) is 2.38. The highest BCUT2D eigenvalue weighted by Crippen LogP contribution is 2.17. The van der Waals surface area contributed by atoms with Crippen LogP contribution in [-0.4, -0.2) is 30.9 Å². The molecule has 0 aromatic heterocycles. The Hall–Kier alpha value is -1.49.